The number of para-hydroxylation sites is 1. The molecular weight excluding hydrogens is 466 g/mol. The normalized spacial score (nSPS) is 15.1. The van der Waals surface area contributed by atoms with E-state index in [0.29, 0.717) is 10.7 Å². The van der Waals surface area contributed by atoms with E-state index in [1.54, 1.807) is 38.7 Å². The van der Waals surface area contributed by atoms with Crippen LogP contribution in [0.15, 0.2) is 42.5 Å². The Morgan fingerprint density at radius 2 is 1.66 bits per heavy atom. The lowest BCUT2D eigenvalue weighted by molar-refractivity contribution is -0.141. The first-order valence-electron chi connectivity index (χ1n) is 11.8. The number of hydrogen-bond acceptors (Lipinski definition) is 4. The van der Waals surface area contributed by atoms with E-state index in [-0.39, 0.29) is 17.9 Å². The van der Waals surface area contributed by atoms with Gasteiger partial charge in [-0.15, -0.1) is 0 Å². The van der Waals surface area contributed by atoms with Crippen molar-refractivity contribution in [3.63, 3.8) is 0 Å². The largest absolute Gasteiger partial charge is 0.444 e. The molecule has 35 heavy (non-hydrogen) atoms. The van der Waals surface area contributed by atoms with Crippen LogP contribution in [0.2, 0.25) is 5.02 Å². The molecule has 2 N–H and O–H groups in total. The lowest BCUT2D eigenvalue weighted by Gasteiger charge is -2.34. The van der Waals surface area contributed by atoms with Crippen molar-refractivity contribution in [2.75, 3.05) is 5.32 Å². The second-order valence-electron chi connectivity index (χ2n) is 10.0. The lowest BCUT2D eigenvalue weighted by Crippen LogP contribution is -2.52. The van der Waals surface area contributed by atoms with Gasteiger partial charge in [0.1, 0.15) is 17.7 Å². The van der Waals surface area contributed by atoms with Crippen molar-refractivity contribution in [2.45, 2.75) is 78.1 Å². The minimum atomic E-state index is -0.894. The number of rotatable bonds is 7. The van der Waals surface area contributed by atoms with Gasteiger partial charge in [0, 0.05) is 6.04 Å². The van der Waals surface area contributed by atoms with E-state index in [0.717, 1.165) is 29.5 Å². The molecule has 0 radical (unpaired) electrons. The number of benzene rings is 2. The molecule has 0 aliphatic heterocycles. The highest BCUT2D eigenvalue weighted by Gasteiger charge is 2.43. The van der Waals surface area contributed by atoms with Gasteiger partial charge in [-0.1, -0.05) is 48.0 Å². The van der Waals surface area contributed by atoms with Gasteiger partial charge in [0.2, 0.25) is 5.91 Å². The summed E-state index contributed by atoms with van der Waals surface area (Å²) in [4.78, 5) is 41.4. The fourth-order valence-corrected chi connectivity index (χ4v) is 4.20. The van der Waals surface area contributed by atoms with Gasteiger partial charge in [-0.2, -0.15) is 0 Å². The van der Waals surface area contributed by atoms with Crippen LogP contribution in [0, 0.1) is 13.8 Å². The Hall–Kier alpha value is -3.06. The third-order valence-electron chi connectivity index (χ3n) is 5.78. The molecule has 3 amide bonds. The van der Waals surface area contributed by atoms with Gasteiger partial charge >= 0.3 is 6.09 Å². The molecular formula is C27H34ClN3O4. The van der Waals surface area contributed by atoms with Crippen LogP contribution >= 0.6 is 11.6 Å². The zero-order valence-corrected chi connectivity index (χ0v) is 21.9. The van der Waals surface area contributed by atoms with E-state index < -0.39 is 23.8 Å². The first-order chi connectivity index (χ1) is 16.4. The minimum absolute atomic E-state index is 0.104. The smallest absolute Gasteiger partial charge is 0.408 e. The van der Waals surface area contributed by atoms with Crippen molar-refractivity contribution in [3.8, 4) is 0 Å². The Kier molecular flexibility index (Phi) is 8.11. The Morgan fingerprint density at radius 3 is 2.23 bits per heavy atom. The summed E-state index contributed by atoms with van der Waals surface area (Å²) in [5, 5.41) is 6.00. The van der Waals surface area contributed by atoms with Crippen molar-refractivity contribution in [3.05, 3.63) is 64.2 Å². The minimum Gasteiger partial charge on any atom is -0.444 e. The summed E-state index contributed by atoms with van der Waals surface area (Å²) in [6, 6.07) is 11.0. The Labute approximate surface area is 212 Å². The number of carbonyl (C=O) groups excluding carboxylic acids is 3. The molecule has 0 saturated heterocycles. The predicted octanol–water partition coefficient (Wildman–Crippen LogP) is 5.54. The van der Waals surface area contributed by atoms with Gasteiger partial charge in [0.05, 0.1) is 10.7 Å². The van der Waals surface area contributed by atoms with E-state index in [2.05, 4.69) is 10.6 Å². The van der Waals surface area contributed by atoms with Gasteiger partial charge in [-0.3, -0.25) is 9.59 Å². The molecule has 2 atom stereocenters. The van der Waals surface area contributed by atoms with E-state index in [4.69, 9.17) is 16.3 Å². The molecule has 1 saturated carbocycles. The van der Waals surface area contributed by atoms with Crippen LogP contribution in [0.25, 0.3) is 0 Å². The zero-order chi connectivity index (χ0) is 25.9. The van der Waals surface area contributed by atoms with Crippen molar-refractivity contribution < 1.29 is 19.1 Å². The first kappa shape index (κ1) is 26.5. The quantitative estimate of drug-likeness (QED) is 0.523. The molecule has 2 unspecified atom stereocenters. The Bertz CT molecular complexity index is 1090. The number of carbonyl (C=O) groups is 3. The maximum absolute atomic E-state index is 13.8. The number of alkyl carbamates (subject to hydrolysis) is 1. The number of hydrogen-bond donors (Lipinski definition) is 2. The second kappa shape index (κ2) is 10.7. The Balaban J connectivity index is 1.95. The summed E-state index contributed by atoms with van der Waals surface area (Å²) in [5.41, 5.74) is 2.24. The van der Waals surface area contributed by atoms with Crippen molar-refractivity contribution >= 4 is 35.2 Å². The van der Waals surface area contributed by atoms with Crippen LogP contribution in [-0.2, 0) is 14.3 Å². The average molecular weight is 500 g/mol. The average Bonchev–Trinajstić information content (AvgIpc) is 3.58. The summed E-state index contributed by atoms with van der Waals surface area (Å²) in [7, 11) is 0. The van der Waals surface area contributed by atoms with Crippen molar-refractivity contribution in [1.29, 1.82) is 0 Å². The molecule has 8 heteroatoms. The zero-order valence-electron chi connectivity index (χ0n) is 21.1. The molecule has 0 heterocycles. The van der Waals surface area contributed by atoms with Crippen LogP contribution in [0.1, 0.15) is 63.3 Å². The summed E-state index contributed by atoms with van der Waals surface area (Å²) < 4.78 is 5.32. The molecule has 0 bridgehead atoms. The molecule has 7 nitrogen and oxygen atoms in total. The maximum atomic E-state index is 13.8. The van der Waals surface area contributed by atoms with Crippen LogP contribution in [0.5, 0.6) is 0 Å². The number of ether oxygens (including phenoxy) is 1. The number of halogens is 1. The topological polar surface area (TPSA) is 87.7 Å². The molecule has 1 aliphatic rings. The fraction of sp³-hybridized carbons (Fsp3) is 0.444. The predicted molar refractivity (Wildman–Crippen MR) is 137 cm³/mol. The summed E-state index contributed by atoms with van der Waals surface area (Å²) in [6.07, 6.45) is 0.884. The first-order valence-corrected chi connectivity index (χ1v) is 12.2. The number of amides is 3. The molecule has 0 aromatic heterocycles. The van der Waals surface area contributed by atoms with Crippen molar-refractivity contribution in [1.82, 2.24) is 10.2 Å². The molecule has 2 aromatic rings. The molecule has 2 aromatic carbocycles. The number of anilines is 1. The SMILES string of the molecule is Cc1ccccc1C(C(=O)Nc1c(C)cccc1Cl)N(C(=O)C(C)NC(=O)OC(C)(C)C)C1CC1. The molecule has 3 rings (SSSR count). The molecule has 0 spiro atoms. The third-order valence-corrected chi connectivity index (χ3v) is 6.09. The van der Waals surface area contributed by atoms with E-state index in [1.165, 1.54) is 0 Å². The third kappa shape index (κ3) is 6.75. The van der Waals surface area contributed by atoms with E-state index >= 15 is 0 Å². The number of nitrogens with one attached hydrogen (secondary N) is 2. The highest BCUT2D eigenvalue weighted by atomic mass is 35.5. The summed E-state index contributed by atoms with van der Waals surface area (Å²) in [5.74, 6) is -0.710. The molecule has 188 valence electrons. The summed E-state index contributed by atoms with van der Waals surface area (Å²) in [6.45, 7) is 10.6. The monoisotopic (exact) mass is 499 g/mol. The molecule has 1 aliphatic carbocycles. The van der Waals surface area contributed by atoms with E-state index in [1.807, 2.05) is 50.2 Å². The van der Waals surface area contributed by atoms with Crippen LogP contribution in [0.3, 0.4) is 0 Å². The van der Waals surface area contributed by atoms with Gasteiger partial charge < -0.3 is 20.3 Å². The van der Waals surface area contributed by atoms with Gasteiger partial charge in [0.15, 0.2) is 0 Å². The fourth-order valence-electron chi connectivity index (χ4n) is 3.93. The van der Waals surface area contributed by atoms with E-state index in [9.17, 15) is 14.4 Å². The van der Waals surface area contributed by atoms with Crippen molar-refractivity contribution in [2.24, 2.45) is 0 Å². The standard InChI is InChI=1S/C27H34ClN3O4/c1-16-10-7-8-12-20(16)23(24(32)30-22-17(2)11-9-13-21(22)28)31(19-14-15-19)25(33)18(3)29-26(34)35-27(4,5)6/h7-13,18-19,23H,14-15H2,1-6H3,(H,29,34)(H,30,32). The second-order valence-corrected chi connectivity index (χ2v) is 10.4. The lowest BCUT2D eigenvalue weighted by atomic mass is 9.97. The van der Waals surface area contributed by atoms with Crippen LogP contribution in [0.4, 0.5) is 10.5 Å². The van der Waals surface area contributed by atoms with Crippen LogP contribution in [-0.4, -0.2) is 40.5 Å². The Morgan fingerprint density at radius 1 is 1.03 bits per heavy atom. The highest BCUT2D eigenvalue weighted by Crippen LogP contribution is 2.37. The van der Waals surface area contributed by atoms with Gasteiger partial charge in [0.25, 0.3) is 5.91 Å². The van der Waals surface area contributed by atoms with Gasteiger partial charge in [-0.25, -0.2) is 4.79 Å². The summed E-state index contributed by atoms with van der Waals surface area (Å²) >= 11 is 6.38. The highest BCUT2D eigenvalue weighted by molar-refractivity contribution is 6.34. The molecule has 1 fully saturated rings. The maximum Gasteiger partial charge on any atom is 0.408 e. The van der Waals surface area contributed by atoms with Gasteiger partial charge in [-0.05, 0) is 77.1 Å². The number of aryl methyl sites for hydroxylation is 2. The van der Waals surface area contributed by atoms with Crippen LogP contribution < -0.4 is 10.6 Å². The number of nitrogens with zero attached hydrogens (tertiary/aromatic N) is 1.